The summed E-state index contributed by atoms with van der Waals surface area (Å²) >= 11 is 5.27. The summed E-state index contributed by atoms with van der Waals surface area (Å²) in [5.74, 6) is 2.59. The summed E-state index contributed by atoms with van der Waals surface area (Å²) < 4.78 is 19.7. The van der Waals surface area contributed by atoms with E-state index in [0.29, 0.717) is 35.3 Å². The second-order valence-corrected chi connectivity index (χ2v) is 13.2. The lowest BCUT2D eigenvalue weighted by Crippen LogP contribution is -2.25. The Morgan fingerprint density at radius 3 is 0.950 bits per heavy atom. The maximum Gasteiger partial charge on any atom is 0.0614 e. The zero-order chi connectivity index (χ0) is 33.9. The number of rotatable bonds is 10. The fourth-order valence-corrected chi connectivity index (χ4v) is 1.02. The van der Waals surface area contributed by atoms with Crippen molar-refractivity contribution in [1.82, 2.24) is 0 Å². The molecule has 0 fully saturated rings. The molecule has 254 valence electrons. The van der Waals surface area contributed by atoms with Gasteiger partial charge in [-0.25, -0.2) is 0 Å². The van der Waals surface area contributed by atoms with Crippen LogP contribution in [0.2, 0.25) is 0 Å². The number of halogens is 1. The summed E-state index contributed by atoms with van der Waals surface area (Å²) in [4.78, 5) is 0. The molecule has 6 heteroatoms. The lowest BCUT2D eigenvalue weighted by molar-refractivity contribution is 0.0327. The van der Waals surface area contributed by atoms with Crippen molar-refractivity contribution in [2.24, 2.45) is 23.7 Å². The molecule has 0 spiro atoms. The quantitative estimate of drug-likeness (QED) is 0.251. The van der Waals surface area contributed by atoms with Crippen LogP contribution in [-0.4, -0.2) is 68.9 Å². The molecule has 0 atom stereocenters. The summed E-state index contributed by atoms with van der Waals surface area (Å²) in [7, 11) is 3.42. The second-order valence-electron chi connectivity index (χ2n) is 12.3. The van der Waals surface area contributed by atoms with Gasteiger partial charge in [0.1, 0.15) is 0 Å². The van der Waals surface area contributed by atoms with E-state index in [9.17, 15) is 0 Å². The monoisotopic (exact) mass is 605 g/mol. The summed E-state index contributed by atoms with van der Waals surface area (Å²) in [5, 5.41) is 9.40. The number of aliphatic hydroxyl groups is 1. The Morgan fingerprint density at radius 1 is 0.625 bits per heavy atom. The van der Waals surface area contributed by atoms with Crippen molar-refractivity contribution < 1.29 is 24.1 Å². The first-order valence-corrected chi connectivity index (χ1v) is 16.0. The van der Waals surface area contributed by atoms with Crippen molar-refractivity contribution >= 4 is 11.6 Å². The van der Waals surface area contributed by atoms with Gasteiger partial charge in [0.15, 0.2) is 0 Å². The number of methoxy groups -OCH3 is 2. The van der Waals surface area contributed by atoms with Gasteiger partial charge in [0.05, 0.1) is 17.8 Å². The SMILES string of the molecule is CC(C)C(C)(C)O.CC(C)Cl.CCC(C)C.CCOC(C)C.CCOCC(C)C.COC(C)C.COCC(C)C. The summed E-state index contributed by atoms with van der Waals surface area (Å²) in [6, 6.07) is 0. The molecule has 0 saturated heterocycles. The Bertz CT molecular complexity index is 356. The predicted molar refractivity (Wildman–Crippen MR) is 184 cm³/mol. The molecule has 0 aromatic rings. The van der Waals surface area contributed by atoms with Gasteiger partial charge >= 0.3 is 0 Å². The third-order valence-electron chi connectivity index (χ3n) is 4.36. The van der Waals surface area contributed by atoms with Gasteiger partial charge in [-0.3, -0.25) is 0 Å². The van der Waals surface area contributed by atoms with Crippen LogP contribution in [0.3, 0.4) is 0 Å². The van der Waals surface area contributed by atoms with E-state index in [1.54, 1.807) is 14.2 Å². The first kappa shape index (κ1) is 55.9. The fraction of sp³-hybridized carbons (Fsp3) is 1.00. The number of hydrogen-bond acceptors (Lipinski definition) is 5. The summed E-state index contributed by atoms with van der Waals surface area (Å²) in [6.07, 6.45) is 2.09. The highest BCUT2D eigenvalue weighted by molar-refractivity contribution is 6.20. The Labute approximate surface area is 260 Å². The molecule has 0 bridgehead atoms. The molecule has 0 radical (unpaired) electrons. The standard InChI is InChI=1S/2C6H14O.2C5H12O.C5H12.C4H10O.C3H7Cl/c1-5(2)6(3,4)7;1-4-7-5-6(2)3;1-5(2)4-6-3;1-4-6-5(2)3;1-4-5(2)3;1-4(2)5-3;1-3(2)4/h5,7H,1-4H3;6H,4-5H2,1-3H3;2*5H,4H2,1-3H3;5H,4H2,1-3H3;4H,1-3H3;3H,1-2H3. The molecular formula is C34H81ClO5. The van der Waals surface area contributed by atoms with E-state index in [1.165, 1.54) is 6.42 Å². The highest BCUT2D eigenvalue weighted by Crippen LogP contribution is 2.13. The van der Waals surface area contributed by atoms with Crippen LogP contribution < -0.4 is 0 Å². The molecule has 5 nitrogen and oxygen atoms in total. The Balaban J connectivity index is -0.0000000640. The molecular weight excluding hydrogens is 524 g/mol. The third kappa shape index (κ3) is 130. The second kappa shape index (κ2) is 43.5. The van der Waals surface area contributed by atoms with Crippen molar-refractivity contribution in [2.75, 3.05) is 40.6 Å². The van der Waals surface area contributed by atoms with Gasteiger partial charge in [-0.15, -0.1) is 11.6 Å². The molecule has 0 aliphatic rings. The van der Waals surface area contributed by atoms with Gasteiger partial charge in [0.25, 0.3) is 0 Å². The zero-order valence-electron chi connectivity index (χ0n) is 31.5. The molecule has 0 aromatic heterocycles. The van der Waals surface area contributed by atoms with Crippen molar-refractivity contribution in [3.63, 3.8) is 0 Å². The minimum Gasteiger partial charge on any atom is -0.390 e. The van der Waals surface area contributed by atoms with E-state index in [1.807, 2.05) is 83.1 Å². The van der Waals surface area contributed by atoms with Gasteiger partial charge in [0, 0.05) is 46.0 Å². The van der Waals surface area contributed by atoms with Crippen molar-refractivity contribution in [3.8, 4) is 0 Å². The first-order chi connectivity index (χ1) is 18.0. The number of hydrogen-bond donors (Lipinski definition) is 1. The minimum atomic E-state index is -0.500. The molecule has 0 rings (SSSR count). The minimum absolute atomic E-state index is 0.306. The van der Waals surface area contributed by atoms with Crippen LogP contribution in [0.1, 0.15) is 138 Å². The predicted octanol–water partition coefficient (Wildman–Crippen LogP) is 10.5. The Morgan fingerprint density at radius 2 is 0.925 bits per heavy atom. The van der Waals surface area contributed by atoms with Crippen LogP contribution in [0.25, 0.3) is 0 Å². The number of ether oxygens (including phenoxy) is 4. The Hall–Kier alpha value is 0.0900. The number of alkyl halides is 1. The molecule has 0 aliphatic heterocycles. The molecule has 0 unspecified atom stereocenters. The molecule has 0 saturated carbocycles. The van der Waals surface area contributed by atoms with Gasteiger partial charge in [0.2, 0.25) is 0 Å². The van der Waals surface area contributed by atoms with Gasteiger partial charge in [-0.1, -0.05) is 68.7 Å². The maximum absolute atomic E-state index is 9.09. The van der Waals surface area contributed by atoms with Crippen LogP contribution in [0.4, 0.5) is 0 Å². The van der Waals surface area contributed by atoms with E-state index >= 15 is 0 Å². The smallest absolute Gasteiger partial charge is 0.0614 e. The largest absolute Gasteiger partial charge is 0.390 e. The van der Waals surface area contributed by atoms with Gasteiger partial charge < -0.3 is 24.1 Å². The zero-order valence-corrected chi connectivity index (χ0v) is 32.3. The highest BCUT2D eigenvalue weighted by atomic mass is 35.5. The maximum atomic E-state index is 9.09. The molecule has 1 N–H and O–H groups in total. The highest BCUT2D eigenvalue weighted by Gasteiger charge is 2.16. The summed E-state index contributed by atoms with van der Waals surface area (Å²) in [6.45, 7) is 42.2. The molecule has 0 aliphatic carbocycles. The molecule has 0 aromatic carbocycles. The average Bonchev–Trinajstić information content (AvgIpc) is 2.78. The molecule has 0 heterocycles. The van der Waals surface area contributed by atoms with Crippen LogP contribution in [0.15, 0.2) is 0 Å². The molecule has 40 heavy (non-hydrogen) atoms. The van der Waals surface area contributed by atoms with Crippen LogP contribution >= 0.6 is 11.6 Å². The van der Waals surface area contributed by atoms with E-state index in [2.05, 4.69) is 48.5 Å². The van der Waals surface area contributed by atoms with Crippen molar-refractivity contribution in [2.45, 2.75) is 161 Å². The van der Waals surface area contributed by atoms with Crippen LogP contribution in [0, 0.1) is 23.7 Å². The normalized spacial score (nSPS) is 10.3. The Kier molecular flexibility index (Phi) is 60.9. The van der Waals surface area contributed by atoms with Crippen molar-refractivity contribution in [3.05, 3.63) is 0 Å². The van der Waals surface area contributed by atoms with Crippen molar-refractivity contribution in [1.29, 1.82) is 0 Å². The lowest BCUT2D eigenvalue weighted by Gasteiger charge is -2.21. The third-order valence-corrected chi connectivity index (χ3v) is 4.36. The van der Waals surface area contributed by atoms with E-state index in [-0.39, 0.29) is 0 Å². The fourth-order valence-electron chi connectivity index (χ4n) is 1.02. The van der Waals surface area contributed by atoms with E-state index < -0.39 is 5.60 Å². The molecule has 0 amide bonds. The van der Waals surface area contributed by atoms with E-state index in [4.69, 9.17) is 35.7 Å². The van der Waals surface area contributed by atoms with E-state index in [0.717, 1.165) is 32.3 Å². The van der Waals surface area contributed by atoms with Crippen LogP contribution in [0.5, 0.6) is 0 Å². The van der Waals surface area contributed by atoms with Crippen LogP contribution in [-0.2, 0) is 18.9 Å². The lowest BCUT2D eigenvalue weighted by atomic mass is 9.95. The van der Waals surface area contributed by atoms with Gasteiger partial charge in [-0.2, -0.15) is 0 Å². The van der Waals surface area contributed by atoms with Gasteiger partial charge in [-0.05, 0) is 92.9 Å². The average molecular weight is 605 g/mol. The topological polar surface area (TPSA) is 57.2 Å². The first-order valence-electron chi connectivity index (χ1n) is 15.6. The summed E-state index contributed by atoms with van der Waals surface area (Å²) in [5.41, 5.74) is -0.500.